The third kappa shape index (κ3) is 4.39. The number of hydrogen-bond acceptors (Lipinski definition) is 5. The lowest BCUT2D eigenvalue weighted by Gasteiger charge is -2.10. The molecule has 0 atom stereocenters. The van der Waals surface area contributed by atoms with Crippen molar-refractivity contribution in [2.75, 3.05) is 17.6 Å². The highest BCUT2D eigenvalue weighted by molar-refractivity contribution is 7.92. The van der Waals surface area contributed by atoms with E-state index in [2.05, 4.69) is 9.29 Å². The van der Waals surface area contributed by atoms with Gasteiger partial charge in [0.25, 0.3) is 0 Å². The van der Waals surface area contributed by atoms with Crippen LogP contribution in [0.3, 0.4) is 0 Å². The van der Waals surface area contributed by atoms with Crippen molar-refractivity contribution in [2.45, 2.75) is 32.7 Å². The van der Waals surface area contributed by atoms with Crippen LogP contribution in [0.25, 0.3) is 0 Å². The van der Waals surface area contributed by atoms with E-state index in [1.807, 2.05) is 19.9 Å². The number of esters is 1. The van der Waals surface area contributed by atoms with Crippen molar-refractivity contribution in [3.8, 4) is 0 Å². The predicted molar refractivity (Wildman–Crippen MR) is 102 cm³/mol. The minimum absolute atomic E-state index is 0.0548. The first-order chi connectivity index (χ1) is 12.7. The summed E-state index contributed by atoms with van der Waals surface area (Å²) in [4.78, 5) is 24.9. The number of aryl methyl sites for hydroxylation is 1. The first-order valence-electron chi connectivity index (χ1n) is 8.63. The number of rotatable bonds is 7. The summed E-state index contributed by atoms with van der Waals surface area (Å²) < 4.78 is 32.5. The molecule has 1 aromatic heterocycles. The van der Waals surface area contributed by atoms with E-state index in [1.54, 1.807) is 12.1 Å². The molecule has 1 aliphatic carbocycles. The molecule has 3 rings (SSSR count). The van der Waals surface area contributed by atoms with E-state index in [-0.39, 0.29) is 17.0 Å². The zero-order valence-corrected chi connectivity index (χ0v) is 16.3. The number of hydrogen-bond donors (Lipinski definition) is 1. The van der Waals surface area contributed by atoms with Crippen LogP contribution in [-0.2, 0) is 14.8 Å². The molecule has 1 fully saturated rings. The largest absolute Gasteiger partial charge is 0.454 e. The minimum atomic E-state index is -3.54. The lowest BCUT2D eigenvalue weighted by Crippen LogP contribution is -2.18. The summed E-state index contributed by atoms with van der Waals surface area (Å²) in [5.74, 6) is -1.04. The molecule has 1 aromatic carbocycles. The molecule has 8 heteroatoms. The van der Waals surface area contributed by atoms with E-state index in [1.165, 1.54) is 12.1 Å². The fourth-order valence-corrected chi connectivity index (χ4v) is 3.77. The van der Waals surface area contributed by atoms with Gasteiger partial charge in [0.2, 0.25) is 15.8 Å². The fourth-order valence-electron chi connectivity index (χ4n) is 3.19. The summed E-state index contributed by atoms with van der Waals surface area (Å²) in [5.41, 5.74) is 2.63. The maximum Gasteiger partial charge on any atom is 0.340 e. The zero-order valence-electron chi connectivity index (χ0n) is 15.5. The molecule has 7 nitrogen and oxygen atoms in total. The van der Waals surface area contributed by atoms with Gasteiger partial charge in [0.15, 0.2) is 6.61 Å². The lowest BCUT2D eigenvalue weighted by atomic mass is 10.1. The number of ether oxygens (including phenoxy) is 1. The number of aromatic nitrogens is 1. The quantitative estimate of drug-likeness (QED) is 0.579. The van der Waals surface area contributed by atoms with E-state index in [4.69, 9.17) is 4.74 Å². The number of anilines is 1. The number of para-hydroxylation sites is 1. The SMILES string of the molecule is Cc1cc(C(=O)COC(=O)c2ccccc2NS(C)(=O)=O)c(C)n1C1CC1. The average Bonchev–Trinajstić information content (AvgIpc) is 3.36. The Morgan fingerprint density at radius 2 is 1.85 bits per heavy atom. The van der Waals surface area contributed by atoms with Crippen LogP contribution in [0.2, 0.25) is 0 Å². The van der Waals surface area contributed by atoms with Crippen molar-refractivity contribution in [2.24, 2.45) is 0 Å². The van der Waals surface area contributed by atoms with Gasteiger partial charge in [0, 0.05) is 23.0 Å². The molecule has 1 heterocycles. The molecule has 0 aliphatic heterocycles. The van der Waals surface area contributed by atoms with Gasteiger partial charge >= 0.3 is 5.97 Å². The summed E-state index contributed by atoms with van der Waals surface area (Å²) >= 11 is 0. The van der Waals surface area contributed by atoms with Crippen LogP contribution in [0.5, 0.6) is 0 Å². The molecular weight excluding hydrogens is 368 g/mol. The van der Waals surface area contributed by atoms with Gasteiger partial charge in [0.1, 0.15) is 0 Å². The van der Waals surface area contributed by atoms with Crippen LogP contribution in [0.4, 0.5) is 5.69 Å². The molecule has 0 amide bonds. The molecule has 144 valence electrons. The normalized spacial score (nSPS) is 14.0. The molecule has 0 spiro atoms. The molecule has 1 N–H and O–H groups in total. The number of benzene rings is 1. The smallest absolute Gasteiger partial charge is 0.340 e. The summed E-state index contributed by atoms with van der Waals surface area (Å²) in [6.45, 7) is 3.45. The fraction of sp³-hybridized carbons (Fsp3) is 0.368. The van der Waals surface area contributed by atoms with Crippen molar-refractivity contribution in [1.82, 2.24) is 4.57 Å². The van der Waals surface area contributed by atoms with Crippen LogP contribution >= 0.6 is 0 Å². The van der Waals surface area contributed by atoms with Gasteiger partial charge in [-0.3, -0.25) is 9.52 Å². The third-order valence-electron chi connectivity index (χ3n) is 4.47. The van der Waals surface area contributed by atoms with Gasteiger partial charge < -0.3 is 9.30 Å². The third-order valence-corrected chi connectivity index (χ3v) is 5.06. The summed E-state index contributed by atoms with van der Waals surface area (Å²) in [6, 6.07) is 8.38. The second kappa shape index (κ2) is 7.19. The van der Waals surface area contributed by atoms with Gasteiger partial charge in [-0.25, -0.2) is 13.2 Å². The van der Waals surface area contributed by atoms with Crippen molar-refractivity contribution >= 4 is 27.5 Å². The van der Waals surface area contributed by atoms with Crippen molar-refractivity contribution in [3.05, 3.63) is 52.8 Å². The Labute approximate surface area is 158 Å². The van der Waals surface area contributed by atoms with Crippen molar-refractivity contribution < 1.29 is 22.7 Å². The van der Waals surface area contributed by atoms with Crippen LogP contribution in [-0.4, -0.2) is 37.6 Å². The van der Waals surface area contributed by atoms with E-state index in [0.29, 0.717) is 11.6 Å². The number of Topliss-reactive ketones (excluding diaryl/α,β-unsaturated/α-hetero) is 1. The Bertz CT molecular complexity index is 1000. The Morgan fingerprint density at radius 3 is 2.48 bits per heavy atom. The highest BCUT2D eigenvalue weighted by Crippen LogP contribution is 2.38. The maximum absolute atomic E-state index is 12.5. The van der Waals surface area contributed by atoms with E-state index < -0.39 is 22.6 Å². The van der Waals surface area contributed by atoms with Crippen LogP contribution in [0, 0.1) is 13.8 Å². The summed E-state index contributed by atoms with van der Waals surface area (Å²) in [6.07, 6.45) is 3.22. The highest BCUT2D eigenvalue weighted by Gasteiger charge is 2.28. The average molecular weight is 390 g/mol. The van der Waals surface area contributed by atoms with Crippen LogP contribution in [0.1, 0.15) is 51.0 Å². The highest BCUT2D eigenvalue weighted by atomic mass is 32.2. The van der Waals surface area contributed by atoms with E-state index >= 15 is 0 Å². The molecule has 0 unspecified atom stereocenters. The number of carbonyl (C=O) groups excluding carboxylic acids is 2. The van der Waals surface area contributed by atoms with Crippen molar-refractivity contribution in [1.29, 1.82) is 0 Å². The first kappa shape index (κ1) is 19.2. The van der Waals surface area contributed by atoms with Gasteiger partial charge in [-0.05, 0) is 44.9 Å². The molecule has 1 saturated carbocycles. The summed E-state index contributed by atoms with van der Waals surface area (Å²) in [7, 11) is -3.54. The summed E-state index contributed by atoms with van der Waals surface area (Å²) in [5, 5.41) is 0. The van der Waals surface area contributed by atoms with Crippen LogP contribution in [0.15, 0.2) is 30.3 Å². The molecular formula is C19H22N2O5S. The predicted octanol–water partition coefficient (Wildman–Crippen LogP) is 2.85. The molecule has 1 aliphatic rings. The topological polar surface area (TPSA) is 94.5 Å². The van der Waals surface area contributed by atoms with Gasteiger partial charge in [-0.1, -0.05) is 12.1 Å². The number of carbonyl (C=O) groups is 2. The van der Waals surface area contributed by atoms with Gasteiger partial charge in [-0.2, -0.15) is 0 Å². The van der Waals surface area contributed by atoms with Gasteiger partial charge in [0.05, 0.1) is 17.5 Å². The van der Waals surface area contributed by atoms with E-state index in [9.17, 15) is 18.0 Å². The standard InChI is InChI=1S/C19H22N2O5S/c1-12-10-16(13(2)21(12)14-8-9-14)18(22)11-26-19(23)15-6-4-5-7-17(15)20-27(3,24)25/h4-7,10,14,20H,8-9,11H2,1-3H3. The minimum Gasteiger partial charge on any atom is -0.454 e. The van der Waals surface area contributed by atoms with Gasteiger partial charge in [-0.15, -0.1) is 0 Å². The molecule has 0 saturated heterocycles. The van der Waals surface area contributed by atoms with Crippen LogP contribution < -0.4 is 4.72 Å². The Hall–Kier alpha value is -2.61. The maximum atomic E-state index is 12.5. The molecule has 27 heavy (non-hydrogen) atoms. The zero-order chi connectivity index (χ0) is 19.8. The lowest BCUT2D eigenvalue weighted by molar-refractivity contribution is 0.0475. The monoisotopic (exact) mass is 390 g/mol. The number of sulfonamides is 1. The second-order valence-electron chi connectivity index (χ2n) is 6.81. The number of nitrogens with one attached hydrogen (secondary N) is 1. The second-order valence-corrected chi connectivity index (χ2v) is 8.55. The Balaban J connectivity index is 1.71. The molecule has 2 aromatic rings. The van der Waals surface area contributed by atoms with E-state index in [0.717, 1.165) is 30.5 Å². The Kier molecular flexibility index (Phi) is 5.10. The number of nitrogens with zero attached hydrogens (tertiary/aromatic N) is 1. The molecule has 0 radical (unpaired) electrons. The number of ketones is 1. The van der Waals surface area contributed by atoms with Crippen molar-refractivity contribution in [3.63, 3.8) is 0 Å². The Morgan fingerprint density at radius 1 is 1.19 bits per heavy atom. The molecule has 0 bridgehead atoms. The first-order valence-corrected chi connectivity index (χ1v) is 10.5.